The summed E-state index contributed by atoms with van der Waals surface area (Å²) in [5, 5.41) is 17.1. The maximum atomic E-state index is 12.8. The molecule has 1 fully saturated rings. The van der Waals surface area contributed by atoms with E-state index in [0.29, 0.717) is 34.5 Å². The van der Waals surface area contributed by atoms with E-state index >= 15 is 0 Å². The molecule has 2 aliphatic carbocycles. The van der Waals surface area contributed by atoms with Crippen LogP contribution in [0.15, 0.2) is 40.9 Å². The van der Waals surface area contributed by atoms with Gasteiger partial charge in [0.1, 0.15) is 11.8 Å². The zero-order valence-electron chi connectivity index (χ0n) is 20.4. The van der Waals surface area contributed by atoms with Crippen molar-refractivity contribution in [3.63, 3.8) is 0 Å². The number of rotatable bonds is 6. The lowest BCUT2D eigenvalue weighted by atomic mass is 10.0. The molecular weight excluding hydrogens is 440 g/mol. The number of benzene rings is 2. The Bertz CT molecular complexity index is 1290. The molecule has 1 heterocycles. The fourth-order valence-corrected chi connectivity index (χ4v) is 5.31. The molecule has 180 valence electrons. The Kier molecular flexibility index (Phi) is 6.29. The average Bonchev–Trinajstić information content (AvgIpc) is 3.59. The Labute approximate surface area is 205 Å². The number of aromatic nitrogens is 2. The summed E-state index contributed by atoms with van der Waals surface area (Å²) >= 11 is 0. The molecule has 1 unspecified atom stereocenters. The molecule has 0 radical (unpaired) electrons. The number of nitrogens with zero attached hydrogens (tertiary/aromatic N) is 3. The molecule has 1 aromatic heterocycles. The van der Waals surface area contributed by atoms with Crippen molar-refractivity contribution < 1.29 is 14.1 Å². The van der Waals surface area contributed by atoms with Crippen LogP contribution in [-0.4, -0.2) is 22.2 Å². The highest BCUT2D eigenvalue weighted by Crippen LogP contribution is 2.38. The van der Waals surface area contributed by atoms with E-state index in [1.165, 1.54) is 0 Å². The summed E-state index contributed by atoms with van der Waals surface area (Å²) in [6.45, 7) is 6.06. The Morgan fingerprint density at radius 1 is 1.23 bits per heavy atom. The molecule has 1 saturated carbocycles. The van der Waals surface area contributed by atoms with Gasteiger partial charge in [-0.25, -0.2) is 0 Å². The van der Waals surface area contributed by atoms with Crippen molar-refractivity contribution in [3.8, 4) is 34.7 Å². The van der Waals surface area contributed by atoms with E-state index in [1.54, 1.807) is 12.1 Å². The molecule has 0 spiro atoms. The zero-order valence-corrected chi connectivity index (χ0v) is 20.4. The fourth-order valence-electron chi connectivity index (χ4n) is 5.31. The number of nitrogens with one attached hydrogen (secondary N) is 1. The molecular formula is C28H30N4O3. The topological polar surface area (TPSA) is 101 Å². The average molecular weight is 471 g/mol. The highest BCUT2D eigenvalue weighted by molar-refractivity contribution is 5.80. The Hall–Kier alpha value is -3.66. The van der Waals surface area contributed by atoms with Crippen molar-refractivity contribution >= 4 is 5.91 Å². The lowest BCUT2D eigenvalue weighted by Crippen LogP contribution is -2.32. The monoisotopic (exact) mass is 470 g/mol. The van der Waals surface area contributed by atoms with Crippen molar-refractivity contribution in [2.75, 3.05) is 0 Å². The predicted octanol–water partition coefficient (Wildman–Crippen LogP) is 5.60. The van der Waals surface area contributed by atoms with Crippen LogP contribution in [0.1, 0.15) is 69.2 Å². The van der Waals surface area contributed by atoms with Crippen LogP contribution in [-0.2, 0) is 11.2 Å². The van der Waals surface area contributed by atoms with Crippen LogP contribution in [0.3, 0.4) is 0 Å². The molecule has 0 saturated heterocycles. The second-order valence-electron chi connectivity index (χ2n) is 10.0. The number of hydrogen-bond donors (Lipinski definition) is 1. The third-order valence-electron chi connectivity index (χ3n) is 7.03. The summed E-state index contributed by atoms with van der Waals surface area (Å²) in [6, 6.07) is 13.6. The second-order valence-corrected chi connectivity index (χ2v) is 10.0. The molecule has 2 aromatic carbocycles. The van der Waals surface area contributed by atoms with Gasteiger partial charge in [-0.05, 0) is 81.2 Å². The number of nitriles is 1. The van der Waals surface area contributed by atoms with E-state index in [9.17, 15) is 10.1 Å². The van der Waals surface area contributed by atoms with Crippen molar-refractivity contribution in [2.45, 2.75) is 65.0 Å². The summed E-state index contributed by atoms with van der Waals surface area (Å²) in [4.78, 5) is 17.5. The predicted molar refractivity (Wildman–Crippen MR) is 131 cm³/mol. The second kappa shape index (κ2) is 9.53. The number of fused-ring (bicyclic) bond motifs is 1. The van der Waals surface area contributed by atoms with E-state index in [4.69, 9.17) is 9.26 Å². The molecule has 3 aromatic rings. The summed E-state index contributed by atoms with van der Waals surface area (Å²) in [7, 11) is 0. The van der Waals surface area contributed by atoms with E-state index in [0.717, 1.165) is 48.8 Å². The van der Waals surface area contributed by atoms with Crippen LogP contribution < -0.4 is 10.1 Å². The zero-order chi connectivity index (χ0) is 24.5. The third kappa shape index (κ3) is 4.66. The molecule has 1 amide bonds. The van der Waals surface area contributed by atoms with Crippen LogP contribution in [0.2, 0.25) is 0 Å². The van der Waals surface area contributed by atoms with Crippen LogP contribution >= 0.6 is 0 Å². The first kappa shape index (κ1) is 23.1. The van der Waals surface area contributed by atoms with Gasteiger partial charge in [0, 0.05) is 17.0 Å². The summed E-state index contributed by atoms with van der Waals surface area (Å²) in [5.74, 6) is 2.33. The SMILES string of the molecule is CC(C)Oc1ccc(-c2nc(-c3cccc4c3CC[C@@H]4NC(=O)C3CC[C@@H](C)C3)no2)cc1C#N. The first-order chi connectivity index (χ1) is 16.9. The van der Waals surface area contributed by atoms with Gasteiger partial charge in [-0.15, -0.1) is 0 Å². The molecule has 5 rings (SSSR count). The fraction of sp³-hybridized carbons (Fsp3) is 0.429. The number of amides is 1. The van der Waals surface area contributed by atoms with Crippen LogP contribution in [0.25, 0.3) is 22.8 Å². The van der Waals surface area contributed by atoms with Gasteiger partial charge in [-0.3, -0.25) is 4.79 Å². The van der Waals surface area contributed by atoms with Crippen LogP contribution in [0.5, 0.6) is 5.75 Å². The highest BCUT2D eigenvalue weighted by Gasteiger charge is 2.32. The molecule has 3 atom stereocenters. The maximum Gasteiger partial charge on any atom is 0.258 e. The first-order valence-corrected chi connectivity index (χ1v) is 12.4. The Morgan fingerprint density at radius 3 is 2.83 bits per heavy atom. The van der Waals surface area contributed by atoms with Gasteiger partial charge < -0.3 is 14.6 Å². The van der Waals surface area contributed by atoms with Gasteiger partial charge in [-0.2, -0.15) is 10.2 Å². The molecule has 7 nitrogen and oxygen atoms in total. The Balaban J connectivity index is 1.37. The van der Waals surface area contributed by atoms with Gasteiger partial charge >= 0.3 is 0 Å². The molecule has 35 heavy (non-hydrogen) atoms. The molecule has 0 bridgehead atoms. The van der Waals surface area contributed by atoms with Gasteiger partial charge in [0.15, 0.2) is 0 Å². The molecule has 7 heteroatoms. The first-order valence-electron chi connectivity index (χ1n) is 12.4. The van der Waals surface area contributed by atoms with Crippen LogP contribution in [0.4, 0.5) is 0 Å². The van der Waals surface area contributed by atoms with Crippen molar-refractivity contribution in [3.05, 3.63) is 53.1 Å². The number of carbonyl (C=O) groups excluding carboxylic acids is 1. The van der Waals surface area contributed by atoms with Gasteiger partial charge in [-0.1, -0.05) is 30.3 Å². The van der Waals surface area contributed by atoms with Gasteiger partial charge in [0.2, 0.25) is 11.7 Å². The number of ether oxygens (including phenoxy) is 1. The molecule has 0 aliphatic heterocycles. The standard InChI is InChI=1S/C28H30N4O3/c1-16(2)34-25-12-9-19(14-20(25)15-29)28-31-26(32-35-28)23-6-4-5-22-21(23)10-11-24(22)30-27(33)18-8-7-17(3)13-18/h4-6,9,12,14,16-18,24H,7-8,10-11,13H2,1-3H3,(H,30,33)/t17-,18?,24+/m1/s1. The lowest BCUT2D eigenvalue weighted by Gasteiger charge is -2.17. The van der Waals surface area contributed by atoms with Gasteiger partial charge in [0.05, 0.1) is 17.7 Å². The van der Waals surface area contributed by atoms with Crippen molar-refractivity contribution in [1.82, 2.24) is 15.5 Å². The summed E-state index contributed by atoms with van der Waals surface area (Å²) < 4.78 is 11.3. The summed E-state index contributed by atoms with van der Waals surface area (Å²) in [5.41, 5.74) is 4.30. The minimum absolute atomic E-state index is 0.0198. The highest BCUT2D eigenvalue weighted by atomic mass is 16.5. The molecule has 2 aliphatic rings. The Morgan fingerprint density at radius 2 is 2.09 bits per heavy atom. The van der Waals surface area contributed by atoms with Crippen LogP contribution in [0, 0.1) is 23.2 Å². The van der Waals surface area contributed by atoms with Crippen molar-refractivity contribution in [1.29, 1.82) is 5.26 Å². The lowest BCUT2D eigenvalue weighted by molar-refractivity contribution is -0.125. The van der Waals surface area contributed by atoms with Crippen molar-refractivity contribution in [2.24, 2.45) is 11.8 Å². The maximum absolute atomic E-state index is 12.8. The minimum Gasteiger partial charge on any atom is -0.490 e. The van der Waals surface area contributed by atoms with E-state index in [2.05, 4.69) is 34.5 Å². The van der Waals surface area contributed by atoms with E-state index < -0.39 is 0 Å². The number of carbonyl (C=O) groups is 1. The number of hydrogen-bond acceptors (Lipinski definition) is 6. The third-order valence-corrected chi connectivity index (χ3v) is 7.03. The summed E-state index contributed by atoms with van der Waals surface area (Å²) in [6.07, 6.45) is 4.78. The quantitative estimate of drug-likeness (QED) is 0.503. The largest absolute Gasteiger partial charge is 0.490 e. The van der Waals surface area contributed by atoms with Gasteiger partial charge in [0.25, 0.3) is 5.89 Å². The minimum atomic E-state index is -0.0292. The molecule has 1 N–H and O–H groups in total. The van der Waals surface area contributed by atoms with E-state index in [1.807, 2.05) is 32.0 Å². The normalized spacial score (nSPS) is 21.1. The smallest absolute Gasteiger partial charge is 0.258 e. The van der Waals surface area contributed by atoms with E-state index in [-0.39, 0.29) is 24.0 Å².